The molecule has 0 saturated carbocycles. The fourth-order valence-electron chi connectivity index (χ4n) is 3.50. The second kappa shape index (κ2) is 7.41. The number of hydrogen-bond acceptors (Lipinski definition) is 4. The Balaban J connectivity index is 1.98. The predicted molar refractivity (Wildman–Crippen MR) is 93.1 cm³/mol. The SMILES string of the molecule is C=C[C@@H]1C[C@H](C(=O)OC)N(Cc2ccccc2)[C@H]1c1ccccn1. The molecule has 0 N–H and O–H groups in total. The van der Waals surface area contributed by atoms with Crippen molar-refractivity contribution < 1.29 is 9.53 Å². The van der Waals surface area contributed by atoms with Gasteiger partial charge >= 0.3 is 5.97 Å². The molecule has 1 aromatic heterocycles. The van der Waals surface area contributed by atoms with Crippen LogP contribution in [0.15, 0.2) is 67.4 Å². The summed E-state index contributed by atoms with van der Waals surface area (Å²) in [6, 6.07) is 15.8. The summed E-state index contributed by atoms with van der Waals surface area (Å²) in [6.07, 6.45) is 4.42. The molecule has 3 atom stereocenters. The maximum atomic E-state index is 12.3. The quantitative estimate of drug-likeness (QED) is 0.625. The van der Waals surface area contributed by atoms with Crippen LogP contribution in [0.1, 0.15) is 23.7 Å². The van der Waals surface area contributed by atoms with Gasteiger partial charge in [-0.05, 0) is 30.0 Å². The lowest BCUT2D eigenvalue weighted by atomic mass is 9.96. The van der Waals surface area contributed by atoms with Crippen LogP contribution in [0.4, 0.5) is 0 Å². The Labute approximate surface area is 142 Å². The van der Waals surface area contributed by atoms with Gasteiger partial charge in [-0.15, -0.1) is 6.58 Å². The first kappa shape index (κ1) is 16.4. The average Bonchev–Trinajstić information content (AvgIpc) is 3.01. The number of nitrogens with zero attached hydrogens (tertiary/aromatic N) is 2. The van der Waals surface area contributed by atoms with E-state index in [4.69, 9.17) is 4.74 Å². The maximum absolute atomic E-state index is 12.3. The topological polar surface area (TPSA) is 42.4 Å². The van der Waals surface area contributed by atoms with E-state index in [0.717, 1.165) is 11.3 Å². The molecule has 1 aliphatic heterocycles. The molecule has 124 valence electrons. The molecule has 1 saturated heterocycles. The first-order chi connectivity index (χ1) is 11.7. The highest BCUT2D eigenvalue weighted by Gasteiger charge is 2.45. The average molecular weight is 322 g/mol. The number of aromatic nitrogens is 1. The molecule has 2 heterocycles. The summed E-state index contributed by atoms with van der Waals surface area (Å²) in [6.45, 7) is 4.65. The number of carbonyl (C=O) groups is 1. The highest BCUT2D eigenvalue weighted by atomic mass is 16.5. The number of methoxy groups -OCH3 is 1. The van der Waals surface area contributed by atoms with Crippen molar-refractivity contribution in [3.8, 4) is 0 Å². The molecule has 4 heteroatoms. The number of pyridine rings is 1. The molecule has 1 aliphatic rings. The van der Waals surface area contributed by atoms with Crippen molar-refractivity contribution in [3.05, 3.63) is 78.6 Å². The molecule has 0 unspecified atom stereocenters. The van der Waals surface area contributed by atoms with Crippen LogP contribution in [0.2, 0.25) is 0 Å². The molecule has 0 spiro atoms. The third kappa shape index (κ3) is 3.24. The van der Waals surface area contributed by atoms with Gasteiger partial charge in [-0.1, -0.05) is 42.5 Å². The standard InChI is InChI=1S/C20H22N2O2/c1-3-16-13-18(20(23)24-2)22(14-15-9-5-4-6-10-15)19(16)17-11-7-8-12-21-17/h3-12,16,18-19H,1,13-14H2,2H3/t16-,18-,19-/m1/s1. The molecule has 2 aromatic rings. The Morgan fingerprint density at radius 2 is 2.04 bits per heavy atom. The Hall–Kier alpha value is -2.46. The minimum absolute atomic E-state index is 0.0213. The fourth-order valence-corrected chi connectivity index (χ4v) is 3.50. The van der Waals surface area contributed by atoms with Gasteiger partial charge in [-0.3, -0.25) is 14.7 Å². The van der Waals surface area contributed by atoms with Crippen LogP contribution in [-0.2, 0) is 16.1 Å². The number of rotatable bonds is 5. The predicted octanol–water partition coefficient (Wildman–Crippen LogP) is 3.37. The van der Waals surface area contributed by atoms with E-state index < -0.39 is 0 Å². The van der Waals surface area contributed by atoms with E-state index in [9.17, 15) is 4.79 Å². The number of esters is 1. The van der Waals surface area contributed by atoms with E-state index in [-0.39, 0.29) is 24.0 Å². The van der Waals surface area contributed by atoms with Crippen molar-refractivity contribution in [2.75, 3.05) is 7.11 Å². The van der Waals surface area contributed by atoms with Gasteiger partial charge in [0.25, 0.3) is 0 Å². The molecular formula is C20H22N2O2. The Bertz CT molecular complexity index is 687. The molecule has 24 heavy (non-hydrogen) atoms. The Morgan fingerprint density at radius 3 is 2.67 bits per heavy atom. The van der Waals surface area contributed by atoms with Crippen molar-refractivity contribution in [3.63, 3.8) is 0 Å². The smallest absolute Gasteiger partial charge is 0.323 e. The van der Waals surface area contributed by atoms with Gasteiger partial charge in [-0.25, -0.2) is 0 Å². The first-order valence-electron chi connectivity index (χ1n) is 8.15. The Kier molecular flexibility index (Phi) is 5.06. The van der Waals surface area contributed by atoms with Gasteiger partial charge in [0.2, 0.25) is 0 Å². The monoisotopic (exact) mass is 322 g/mol. The van der Waals surface area contributed by atoms with Gasteiger partial charge in [0.1, 0.15) is 6.04 Å². The minimum atomic E-state index is -0.287. The van der Waals surface area contributed by atoms with E-state index in [1.54, 1.807) is 6.20 Å². The van der Waals surface area contributed by atoms with E-state index >= 15 is 0 Å². The second-order valence-electron chi connectivity index (χ2n) is 6.03. The van der Waals surface area contributed by atoms with E-state index in [1.807, 2.05) is 42.5 Å². The zero-order valence-corrected chi connectivity index (χ0v) is 13.8. The summed E-state index contributed by atoms with van der Waals surface area (Å²) in [5.74, 6) is -0.0380. The van der Waals surface area contributed by atoms with Crippen LogP contribution < -0.4 is 0 Å². The first-order valence-corrected chi connectivity index (χ1v) is 8.15. The number of ether oxygens (including phenoxy) is 1. The molecule has 0 radical (unpaired) electrons. The summed E-state index contributed by atoms with van der Waals surface area (Å²) >= 11 is 0. The molecule has 0 bridgehead atoms. The summed E-state index contributed by atoms with van der Waals surface area (Å²) in [7, 11) is 1.44. The van der Waals surface area contributed by atoms with Crippen LogP contribution in [0.25, 0.3) is 0 Å². The Morgan fingerprint density at radius 1 is 1.29 bits per heavy atom. The summed E-state index contributed by atoms with van der Waals surface area (Å²) in [5.41, 5.74) is 2.13. The molecule has 0 amide bonds. The highest BCUT2D eigenvalue weighted by molar-refractivity contribution is 5.76. The van der Waals surface area contributed by atoms with Crippen molar-refractivity contribution in [1.82, 2.24) is 9.88 Å². The van der Waals surface area contributed by atoms with Crippen LogP contribution in [0, 0.1) is 5.92 Å². The number of hydrogen-bond donors (Lipinski definition) is 0. The summed E-state index contributed by atoms with van der Waals surface area (Å²) in [4.78, 5) is 19.1. The third-order valence-corrected chi connectivity index (χ3v) is 4.63. The normalized spacial score (nSPS) is 23.8. The molecule has 4 nitrogen and oxygen atoms in total. The highest BCUT2D eigenvalue weighted by Crippen LogP contribution is 2.42. The van der Waals surface area contributed by atoms with Crippen LogP contribution in [0.5, 0.6) is 0 Å². The van der Waals surface area contributed by atoms with Crippen molar-refractivity contribution in [2.24, 2.45) is 5.92 Å². The number of carbonyl (C=O) groups excluding carboxylic acids is 1. The summed E-state index contributed by atoms with van der Waals surface area (Å²) < 4.78 is 5.04. The molecule has 3 rings (SSSR count). The van der Waals surface area contributed by atoms with Gasteiger partial charge in [0.05, 0.1) is 18.8 Å². The van der Waals surface area contributed by atoms with Crippen molar-refractivity contribution in [2.45, 2.75) is 25.0 Å². The van der Waals surface area contributed by atoms with E-state index in [1.165, 1.54) is 7.11 Å². The van der Waals surface area contributed by atoms with Gasteiger partial charge < -0.3 is 4.74 Å². The number of likely N-dealkylation sites (tertiary alicyclic amines) is 1. The number of benzene rings is 1. The van der Waals surface area contributed by atoms with Gasteiger partial charge in [0, 0.05) is 12.7 Å². The van der Waals surface area contributed by atoms with Crippen LogP contribution in [0.3, 0.4) is 0 Å². The van der Waals surface area contributed by atoms with Crippen molar-refractivity contribution in [1.29, 1.82) is 0 Å². The lowest BCUT2D eigenvalue weighted by Crippen LogP contribution is -2.38. The fraction of sp³-hybridized carbons (Fsp3) is 0.300. The molecular weight excluding hydrogens is 300 g/mol. The van der Waals surface area contributed by atoms with Gasteiger partial charge in [0.15, 0.2) is 0 Å². The zero-order valence-electron chi connectivity index (χ0n) is 13.8. The molecule has 1 fully saturated rings. The third-order valence-electron chi connectivity index (χ3n) is 4.63. The lowest BCUT2D eigenvalue weighted by Gasteiger charge is -2.29. The summed E-state index contributed by atoms with van der Waals surface area (Å²) in [5, 5.41) is 0. The minimum Gasteiger partial charge on any atom is -0.468 e. The van der Waals surface area contributed by atoms with Crippen LogP contribution in [-0.4, -0.2) is 29.0 Å². The van der Waals surface area contributed by atoms with E-state index in [0.29, 0.717) is 13.0 Å². The van der Waals surface area contributed by atoms with Crippen LogP contribution >= 0.6 is 0 Å². The van der Waals surface area contributed by atoms with E-state index in [2.05, 4.69) is 28.6 Å². The lowest BCUT2D eigenvalue weighted by molar-refractivity contribution is -0.146. The zero-order chi connectivity index (χ0) is 16.9. The largest absolute Gasteiger partial charge is 0.468 e. The maximum Gasteiger partial charge on any atom is 0.323 e. The molecule has 1 aromatic carbocycles. The van der Waals surface area contributed by atoms with Crippen molar-refractivity contribution >= 4 is 5.97 Å². The molecule has 0 aliphatic carbocycles. The van der Waals surface area contributed by atoms with Gasteiger partial charge in [-0.2, -0.15) is 0 Å². The second-order valence-corrected chi connectivity index (χ2v) is 6.03.